The van der Waals surface area contributed by atoms with E-state index in [9.17, 15) is 44.7 Å². The van der Waals surface area contributed by atoms with E-state index in [4.69, 9.17) is 31.4 Å². The number of nitrogen functional groups attached to an aromatic ring is 3. The predicted molar refractivity (Wildman–Crippen MR) is 156 cm³/mol. The number of nitro groups is 3. The van der Waals surface area contributed by atoms with Crippen molar-refractivity contribution in [1.29, 1.82) is 0 Å². The molecule has 0 aliphatic rings. The molecule has 6 N–H and O–H groups in total. The van der Waals surface area contributed by atoms with Gasteiger partial charge in [0, 0.05) is 53.5 Å². The average Bonchev–Trinajstić information content (AvgIpc) is 3.00. The second-order valence-corrected chi connectivity index (χ2v) is 9.67. The lowest BCUT2D eigenvalue weighted by Gasteiger charge is -2.31. The predicted octanol–water partition coefficient (Wildman–Crippen LogP) is 3.43. The number of carbonyl (C=O) groups is 3. The van der Waals surface area contributed by atoms with Crippen molar-refractivity contribution in [2.24, 2.45) is 5.41 Å². The molecule has 18 heteroatoms. The molecule has 0 heterocycles. The van der Waals surface area contributed by atoms with Crippen LogP contribution in [0.1, 0.15) is 44.4 Å². The Morgan fingerprint density at radius 1 is 0.600 bits per heavy atom. The summed E-state index contributed by atoms with van der Waals surface area (Å²) in [6, 6.07) is 9.38. The Hall–Kier alpha value is -6.33. The third-order valence-corrected chi connectivity index (χ3v) is 6.68. The lowest BCUT2D eigenvalue weighted by molar-refractivity contribution is -0.385. The number of benzene rings is 3. The molecule has 3 aromatic carbocycles. The minimum Gasteiger partial charge on any atom is -0.461 e. The summed E-state index contributed by atoms with van der Waals surface area (Å²) in [5.41, 5.74) is 13.2. The van der Waals surface area contributed by atoms with Crippen molar-refractivity contribution in [3.63, 3.8) is 0 Å². The largest absolute Gasteiger partial charge is 0.461 e. The van der Waals surface area contributed by atoms with E-state index in [1.807, 2.05) is 0 Å². The number of hydrogen-bond donors (Lipinski definition) is 3. The van der Waals surface area contributed by atoms with E-state index in [1.165, 1.54) is 0 Å². The van der Waals surface area contributed by atoms with Crippen LogP contribution in [-0.2, 0) is 14.2 Å². The first kappa shape index (κ1) is 33.2. The Labute approximate surface area is 253 Å². The molecule has 0 radical (unpaired) electrons. The van der Waals surface area contributed by atoms with Gasteiger partial charge in [-0.3, -0.25) is 30.3 Å². The van der Waals surface area contributed by atoms with Crippen LogP contribution in [0.15, 0.2) is 54.6 Å². The fourth-order valence-electron chi connectivity index (χ4n) is 3.82. The van der Waals surface area contributed by atoms with Gasteiger partial charge in [-0.15, -0.1) is 0 Å². The zero-order valence-corrected chi connectivity index (χ0v) is 23.5. The van der Waals surface area contributed by atoms with E-state index in [2.05, 4.69) is 0 Å². The molecular weight excluding hydrogens is 600 g/mol. The molecule has 0 spiro atoms. The molecule has 0 amide bonds. The van der Waals surface area contributed by atoms with Crippen LogP contribution in [0, 0.1) is 35.8 Å². The molecule has 0 bridgehead atoms. The minimum absolute atomic E-state index is 0.0140. The zero-order valence-electron chi connectivity index (χ0n) is 23.5. The van der Waals surface area contributed by atoms with Gasteiger partial charge < -0.3 is 31.4 Å². The molecule has 0 atom stereocenters. The van der Waals surface area contributed by atoms with Crippen molar-refractivity contribution >= 4 is 52.0 Å². The fraction of sp³-hybridized carbons (Fsp3) is 0.222. The summed E-state index contributed by atoms with van der Waals surface area (Å²) in [6.45, 7) is -0.222. The van der Waals surface area contributed by atoms with E-state index in [-0.39, 0.29) is 40.2 Å². The molecule has 3 rings (SSSR count). The summed E-state index contributed by atoms with van der Waals surface area (Å²) in [5.74, 6) is -3.26. The van der Waals surface area contributed by atoms with Gasteiger partial charge in [0.05, 0.1) is 36.9 Å². The topological polar surface area (TPSA) is 286 Å². The van der Waals surface area contributed by atoms with Crippen LogP contribution in [0.3, 0.4) is 0 Å². The van der Waals surface area contributed by atoms with E-state index in [0.717, 1.165) is 54.6 Å². The smallest absolute Gasteiger partial charge is 0.340 e. The Morgan fingerprint density at radius 2 is 0.867 bits per heavy atom. The molecular formula is C27H26N6O12. The minimum atomic E-state index is -1.48. The SMILES string of the molecule is CCC(COC(=O)c1cc([N+](=O)[O-])ccc1N)(COC(=O)c1cc([N+](=O)[O-])ccc1N)COC(=O)c1cc([N+](=O)[O-])ccc1N. The first-order valence-electron chi connectivity index (χ1n) is 12.8. The second-order valence-electron chi connectivity index (χ2n) is 9.67. The maximum absolute atomic E-state index is 12.9. The third kappa shape index (κ3) is 7.95. The highest BCUT2D eigenvalue weighted by atomic mass is 16.6. The van der Waals surface area contributed by atoms with Gasteiger partial charge in [-0.1, -0.05) is 6.92 Å². The highest BCUT2D eigenvalue weighted by Gasteiger charge is 2.36. The van der Waals surface area contributed by atoms with Gasteiger partial charge in [0.2, 0.25) is 0 Å². The maximum atomic E-state index is 12.9. The molecule has 236 valence electrons. The van der Waals surface area contributed by atoms with Crippen LogP contribution >= 0.6 is 0 Å². The molecule has 0 saturated heterocycles. The number of hydrogen-bond acceptors (Lipinski definition) is 15. The third-order valence-electron chi connectivity index (χ3n) is 6.68. The molecule has 3 aromatic rings. The molecule has 0 unspecified atom stereocenters. The summed E-state index contributed by atoms with van der Waals surface area (Å²) in [7, 11) is 0. The van der Waals surface area contributed by atoms with Gasteiger partial charge in [-0.25, -0.2) is 14.4 Å². The van der Waals surface area contributed by atoms with Gasteiger partial charge in [0.25, 0.3) is 17.1 Å². The zero-order chi connectivity index (χ0) is 33.5. The van der Waals surface area contributed by atoms with Crippen LogP contribution in [0.25, 0.3) is 0 Å². The Morgan fingerprint density at radius 3 is 1.09 bits per heavy atom. The molecule has 0 aliphatic carbocycles. The summed E-state index contributed by atoms with van der Waals surface area (Å²) < 4.78 is 16.1. The highest BCUT2D eigenvalue weighted by molar-refractivity contribution is 5.97. The van der Waals surface area contributed by atoms with Crippen molar-refractivity contribution in [1.82, 2.24) is 0 Å². The summed E-state index contributed by atoms with van der Waals surface area (Å²) >= 11 is 0. The lowest BCUT2D eigenvalue weighted by Crippen LogP contribution is -2.39. The van der Waals surface area contributed by atoms with Gasteiger partial charge in [0.1, 0.15) is 19.8 Å². The van der Waals surface area contributed by atoms with Crippen molar-refractivity contribution in [3.8, 4) is 0 Å². The summed E-state index contributed by atoms with van der Waals surface area (Å²) in [4.78, 5) is 70.0. The van der Waals surface area contributed by atoms with Gasteiger partial charge >= 0.3 is 17.9 Å². The lowest BCUT2D eigenvalue weighted by atomic mass is 9.87. The number of esters is 3. The van der Waals surface area contributed by atoms with Crippen LogP contribution in [-0.4, -0.2) is 52.5 Å². The van der Waals surface area contributed by atoms with Gasteiger partial charge in [0.15, 0.2) is 0 Å². The van der Waals surface area contributed by atoms with Crippen molar-refractivity contribution < 1.29 is 43.4 Å². The number of non-ortho nitro benzene ring substituents is 3. The van der Waals surface area contributed by atoms with E-state index in [1.54, 1.807) is 6.92 Å². The number of rotatable bonds is 13. The number of nitrogens with two attached hydrogens (primary N) is 3. The van der Waals surface area contributed by atoms with Crippen molar-refractivity contribution in [3.05, 3.63) is 102 Å². The van der Waals surface area contributed by atoms with Gasteiger partial charge in [-0.05, 0) is 24.6 Å². The molecule has 18 nitrogen and oxygen atoms in total. The first-order valence-corrected chi connectivity index (χ1v) is 12.8. The molecule has 0 saturated carbocycles. The second kappa shape index (κ2) is 13.8. The Bertz CT molecular complexity index is 1500. The monoisotopic (exact) mass is 626 g/mol. The molecule has 0 aromatic heterocycles. The highest BCUT2D eigenvalue weighted by Crippen LogP contribution is 2.29. The number of anilines is 3. The normalized spacial score (nSPS) is 10.9. The van der Waals surface area contributed by atoms with Crippen LogP contribution in [0.5, 0.6) is 0 Å². The van der Waals surface area contributed by atoms with Crippen LogP contribution in [0.2, 0.25) is 0 Å². The standard InChI is InChI=1S/C27H26N6O12/c1-2-27(12-43-24(34)18-9-15(31(37)38)3-6-21(18)28,13-44-25(35)19-10-16(32(39)40)4-7-22(19)29)14-45-26(36)20-11-17(33(41)42)5-8-23(20)30/h3-11H,2,12-14,28-30H2,1H3. The van der Waals surface area contributed by atoms with Gasteiger partial charge in [-0.2, -0.15) is 0 Å². The number of nitro benzene ring substituents is 3. The summed E-state index contributed by atoms with van der Waals surface area (Å²) in [6.07, 6.45) is 0.0140. The first-order chi connectivity index (χ1) is 21.2. The quantitative estimate of drug-likeness (QED) is 0.0805. The van der Waals surface area contributed by atoms with E-state index < -0.39 is 75.0 Å². The summed E-state index contributed by atoms with van der Waals surface area (Å²) in [5, 5.41) is 33.5. The average molecular weight is 627 g/mol. The number of ether oxygens (including phenoxy) is 3. The number of carbonyl (C=O) groups excluding carboxylic acids is 3. The van der Waals surface area contributed by atoms with Crippen LogP contribution < -0.4 is 17.2 Å². The molecule has 0 aliphatic heterocycles. The molecule has 0 fully saturated rings. The van der Waals surface area contributed by atoms with Crippen LogP contribution in [0.4, 0.5) is 34.1 Å². The number of nitrogens with zero attached hydrogens (tertiary/aromatic N) is 3. The van der Waals surface area contributed by atoms with Crippen molar-refractivity contribution in [2.45, 2.75) is 13.3 Å². The Kier molecular flexibility index (Phi) is 10.1. The van der Waals surface area contributed by atoms with E-state index in [0.29, 0.717) is 0 Å². The molecule has 45 heavy (non-hydrogen) atoms. The van der Waals surface area contributed by atoms with E-state index >= 15 is 0 Å². The fourth-order valence-corrected chi connectivity index (χ4v) is 3.82. The Balaban J connectivity index is 1.90. The van der Waals surface area contributed by atoms with Crippen molar-refractivity contribution in [2.75, 3.05) is 37.0 Å². The maximum Gasteiger partial charge on any atom is 0.340 e.